The third kappa shape index (κ3) is 1.69. The van der Waals surface area contributed by atoms with Gasteiger partial charge in [0.05, 0.1) is 16.7 Å². The van der Waals surface area contributed by atoms with Gasteiger partial charge in [0, 0.05) is 0 Å². The van der Waals surface area contributed by atoms with E-state index < -0.39 is 0 Å². The first-order chi connectivity index (χ1) is 8.65. The topological polar surface area (TPSA) is 80.5 Å². The van der Waals surface area contributed by atoms with Crippen LogP contribution < -0.4 is 5.73 Å². The monoisotopic (exact) mass is 259 g/mol. The number of nitrogens with two attached hydrogens (primary N) is 1. The lowest BCUT2D eigenvalue weighted by atomic mass is 10.3. The lowest BCUT2D eigenvalue weighted by molar-refractivity contribution is 1.11. The van der Waals surface area contributed by atoms with Gasteiger partial charge in [0.25, 0.3) is 0 Å². The summed E-state index contributed by atoms with van der Waals surface area (Å²) in [6.45, 7) is 1.76. The van der Waals surface area contributed by atoms with Crippen molar-refractivity contribution in [3.8, 4) is 11.5 Å². The standard InChI is InChI=1S/C12H10ClN5/c1-6-10(13)18-9(11(14)15-6)12-16-7-4-2-3-5-8(7)17-12/h2-5H,1H3,(H2,14,15)(H,16,17). The Labute approximate surface area is 108 Å². The summed E-state index contributed by atoms with van der Waals surface area (Å²) in [5.41, 5.74) is 8.71. The fourth-order valence-corrected chi connectivity index (χ4v) is 1.88. The molecule has 1 aromatic carbocycles. The van der Waals surface area contributed by atoms with E-state index in [2.05, 4.69) is 19.9 Å². The van der Waals surface area contributed by atoms with Gasteiger partial charge in [-0.15, -0.1) is 0 Å². The normalized spacial score (nSPS) is 11.0. The van der Waals surface area contributed by atoms with E-state index in [-0.39, 0.29) is 0 Å². The van der Waals surface area contributed by atoms with Gasteiger partial charge in [-0.25, -0.2) is 15.0 Å². The molecule has 3 aromatic rings. The number of aryl methyl sites for hydroxylation is 1. The summed E-state index contributed by atoms with van der Waals surface area (Å²) in [5.74, 6) is 0.888. The summed E-state index contributed by atoms with van der Waals surface area (Å²) in [6.07, 6.45) is 0. The zero-order valence-electron chi connectivity index (χ0n) is 9.61. The third-order valence-electron chi connectivity index (χ3n) is 2.65. The Morgan fingerprint density at radius 3 is 2.72 bits per heavy atom. The number of imidazole rings is 1. The molecule has 0 aliphatic heterocycles. The largest absolute Gasteiger partial charge is 0.382 e. The molecule has 0 aliphatic carbocycles. The lowest BCUT2D eigenvalue weighted by Gasteiger charge is -2.03. The number of benzene rings is 1. The molecule has 0 saturated carbocycles. The third-order valence-corrected chi connectivity index (χ3v) is 3.01. The number of aromatic nitrogens is 4. The van der Waals surface area contributed by atoms with Gasteiger partial charge < -0.3 is 10.7 Å². The Morgan fingerprint density at radius 2 is 1.94 bits per heavy atom. The maximum Gasteiger partial charge on any atom is 0.161 e. The van der Waals surface area contributed by atoms with Crippen molar-refractivity contribution in [2.45, 2.75) is 6.92 Å². The number of hydrogen-bond donors (Lipinski definition) is 2. The van der Waals surface area contributed by atoms with Crippen molar-refractivity contribution in [1.82, 2.24) is 19.9 Å². The van der Waals surface area contributed by atoms with Crippen LogP contribution in [0.2, 0.25) is 5.15 Å². The van der Waals surface area contributed by atoms with Crippen molar-refractivity contribution in [2.75, 3.05) is 5.73 Å². The van der Waals surface area contributed by atoms with Gasteiger partial charge >= 0.3 is 0 Å². The van der Waals surface area contributed by atoms with Crippen molar-refractivity contribution < 1.29 is 0 Å². The molecule has 3 rings (SSSR count). The molecule has 0 unspecified atom stereocenters. The number of fused-ring (bicyclic) bond motifs is 1. The van der Waals surface area contributed by atoms with Gasteiger partial charge in [0.1, 0.15) is 5.69 Å². The molecule has 0 saturated heterocycles. The van der Waals surface area contributed by atoms with Crippen LogP contribution in [-0.2, 0) is 0 Å². The van der Waals surface area contributed by atoms with Gasteiger partial charge in [-0.3, -0.25) is 0 Å². The Kier molecular flexibility index (Phi) is 2.41. The molecular formula is C12H10ClN5. The minimum atomic E-state index is 0.316. The van der Waals surface area contributed by atoms with E-state index >= 15 is 0 Å². The molecule has 0 amide bonds. The smallest absolute Gasteiger partial charge is 0.161 e. The highest BCUT2D eigenvalue weighted by molar-refractivity contribution is 6.30. The molecule has 0 atom stereocenters. The number of para-hydroxylation sites is 2. The van der Waals surface area contributed by atoms with Crippen LogP contribution in [0.25, 0.3) is 22.6 Å². The molecule has 2 heterocycles. The van der Waals surface area contributed by atoms with Crippen LogP contribution in [0.15, 0.2) is 24.3 Å². The zero-order chi connectivity index (χ0) is 12.7. The fourth-order valence-electron chi connectivity index (χ4n) is 1.76. The zero-order valence-corrected chi connectivity index (χ0v) is 10.4. The Balaban J connectivity index is 2.22. The van der Waals surface area contributed by atoms with Crippen LogP contribution in [0.1, 0.15) is 5.69 Å². The quantitative estimate of drug-likeness (QED) is 0.704. The number of nitrogen functional groups attached to an aromatic ring is 1. The molecule has 0 radical (unpaired) electrons. The van der Waals surface area contributed by atoms with Crippen molar-refractivity contribution >= 4 is 28.5 Å². The van der Waals surface area contributed by atoms with Gasteiger partial charge in [-0.1, -0.05) is 23.7 Å². The van der Waals surface area contributed by atoms with Crippen LogP contribution in [0, 0.1) is 6.92 Å². The highest BCUT2D eigenvalue weighted by Gasteiger charge is 2.13. The van der Waals surface area contributed by atoms with Gasteiger partial charge in [0.15, 0.2) is 16.8 Å². The molecule has 3 N–H and O–H groups in total. The van der Waals surface area contributed by atoms with E-state index in [4.69, 9.17) is 17.3 Å². The number of nitrogens with one attached hydrogen (secondary N) is 1. The van der Waals surface area contributed by atoms with E-state index in [0.717, 1.165) is 11.0 Å². The first kappa shape index (κ1) is 11.0. The first-order valence-electron chi connectivity index (χ1n) is 5.40. The number of aromatic amines is 1. The Morgan fingerprint density at radius 1 is 1.17 bits per heavy atom. The molecule has 0 spiro atoms. The minimum Gasteiger partial charge on any atom is -0.382 e. The highest BCUT2D eigenvalue weighted by atomic mass is 35.5. The number of hydrogen-bond acceptors (Lipinski definition) is 4. The number of halogens is 1. The predicted molar refractivity (Wildman–Crippen MR) is 71.3 cm³/mol. The average Bonchev–Trinajstić information content (AvgIpc) is 2.77. The SMILES string of the molecule is Cc1nc(N)c(-c2nc3ccccc3[nH]2)nc1Cl. The van der Waals surface area contributed by atoms with E-state index in [1.807, 2.05) is 24.3 Å². The summed E-state index contributed by atoms with van der Waals surface area (Å²) in [6, 6.07) is 7.70. The summed E-state index contributed by atoms with van der Waals surface area (Å²) < 4.78 is 0. The second-order valence-corrected chi connectivity index (χ2v) is 4.29. The molecule has 5 nitrogen and oxygen atoms in total. The maximum atomic E-state index is 5.96. The molecule has 2 aromatic heterocycles. The summed E-state index contributed by atoms with van der Waals surface area (Å²) >= 11 is 5.96. The van der Waals surface area contributed by atoms with Crippen LogP contribution in [0.5, 0.6) is 0 Å². The molecule has 90 valence electrons. The number of nitrogens with zero attached hydrogens (tertiary/aromatic N) is 3. The summed E-state index contributed by atoms with van der Waals surface area (Å²) in [7, 11) is 0. The fraction of sp³-hybridized carbons (Fsp3) is 0.0833. The van der Waals surface area contributed by atoms with Crippen molar-refractivity contribution in [3.63, 3.8) is 0 Å². The summed E-state index contributed by atoms with van der Waals surface area (Å²) in [4.78, 5) is 15.9. The number of anilines is 1. The predicted octanol–water partition coefficient (Wildman–Crippen LogP) is 2.56. The van der Waals surface area contributed by atoms with Crippen LogP contribution >= 0.6 is 11.6 Å². The van der Waals surface area contributed by atoms with Crippen LogP contribution in [-0.4, -0.2) is 19.9 Å². The minimum absolute atomic E-state index is 0.316. The Bertz CT molecular complexity index is 701. The van der Waals surface area contributed by atoms with E-state index in [0.29, 0.717) is 28.2 Å². The molecule has 18 heavy (non-hydrogen) atoms. The van der Waals surface area contributed by atoms with Crippen LogP contribution in [0.3, 0.4) is 0 Å². The number of H-pyrrole nitrogens is 1. The average molecular weight is 260 g/mol. The lowest BCUT2D eigenvalue weighted by Crippen LogP contribution is -2.01. The number of rotatable bonds is 1. The second kappa shape index (κ2) is 3.96. The molecule has 0 bridgehead atoms. The van der Waals surface area contributed by atoms with Gasteiger partial charge in [-0.05, 0) is 19.1 Å². The molecule has 0 fully saturated rings. The van der Waals surface area contributed by atoms with Crippen LogP contribution in [0.4, 0.5) is 5.82 Å². The summed E-state index contributed by atoms with van der Waals surface area (Å²) in [5, 5.41) is 0.333. The van der Waals surface area contributed by atoms with Gasteiger partial charge in [0.2, 0.25) is 0 Å². The second-order valence-electron chi connectivity index (χ2n) is 3.94. The molecular weight excluding hydrogens is 250 g/mol. The van der Waals surface area contributed by atoms with Gasteiger partial charge in [-0.2, -0.15) is 0 Å². The maximum absolute atomic E-state index is 5.96. The highest BCUT2D eigenvalue weighted by Crippen LogP contribution is 2.25. The first-order valence-corrected chi connectivity index (χ1v) is 5.77. The Hall–Kier alpha value is -2.14. The molecule has 0 aliphatic rings. The van der Waals surface area contributed by atoms with Crippen molar-refractivity contribution in [3.05, 3.63) is 35.1 Å². The van der Waals surface area contributed by atoms with E-state index in [1.165, 1.54) is 0 Å². The molecule has 6 heteroatoms. The van der Waals surface area contributed by atoms with E-state index in [1.54, 1.807) is 6.92 Å². The van der Waals surface area contributed by atoms with Crippen molar-refractivity contribution in [2.24, 2.45) is 0 Å². The van der Waals surface area contributed by atoms with E-state index in [9.17, 15) is 0 Å². The van der Waals surface area contributed by atoms with Crippen molar-refractivity contribution in [1.29, 1.82) is 0 Å².